The number of amides is 1. The molecule has 7 heteroatoms. The SMILES string of the molecule is CC(C)OC(=O)c1ccc(NC(=O)COC(=O)CCc2cccs2)cc1. The van der Waals surface area contributed by atoms with Gasteiger partial charge in [0.2, 0.25) is 0 Å². The Bertz CT molecular complexity index is 738. The van der Waals surface area contributed by atoms with E-state index in [1.807, 2.05) is 17.5 Å². The van der Waals surface area contributed by atoms with Gasteiger partial charge < -0.3 is 14.8 Å². The van der Waals surface area contributed by atoms with Crippen LogP contribution in [0.4, 0.5) is 5.69 Å². The summed E-state index contributed by atoms with van der Waals surface area (Å²) in [6, 6.07) is 10.2. The van der Waals surface area contributed by atoms with E-state index >= 15 is 0 Å². The molecule has 0 radical (unpaired) electrons. The normalized spacial score (nSPS) is 10.4. The molecule has 0 bridgehead atoms. The average molecular weight is 375 g/mol. The minimum atomic E-state index is -0.438. The Morgan fingerprint density at radius 1 is 1.12 bits per heavy atom. The second-order valence-corrected chi connectivity index (χ2v) is 6.85. The Morgan fingerprint density at radius 2 is 1.85 bits per heavy atom. The summed E-state index contributed by atoms with van der Waals surface area (Å²) < 4.78 is 10.0. The number of hydrogen-bond donors (Lipinski definition) is 1. The summed E-state index contributed by atoms with van der Waals surface area (Å²) in [7, 11) is 0. The Labute approximate surface area is 156 Å². The second-order valence-electron chi connectivity index (χ2n) is 5.82. The van der Waals surface area contributed by atoms with E-state index in [4.69, 9.17) is 9.47 Å². The number of hydrogen-bond acceptors (Lipinski definition) is 6. The molecule has 0 aliphatic carbocycles. The van der Waals surface area contributed by atoms with Crippen LogP contribution in [0.25, 0.3) is 0 Å². The lowest BCUT2D eigenvalue weighted by Crippen LogP contribution is -2.21. The van der Waals surface area contributed by atoms with Gasteiger partial charge in [-0.25, -0.2) is 4.79 Å². The Balaban J connectivity index is 1.73. The molecule has 6 nitrogen and oxygen atoms in total. The lowest BCUT2D eigenvalue weighted by atomic mass is 10.2. The Hall–Kier alpha value is -2.67. The standard InChI is InChI=1S/C19H21NO5S/c1-13(2)25-19(23)14-5-7-15(8-6-14)20-17(21)12-24-18(22)10-9-16-4-3-11-26-16/h3-8,11,13H,9-10,12H2,1-2H3,(H,20,21). The summed E-state index contributed by atoms with van der Waals surface area (Å²) in [5, 5.41) is 4.55. The maximum Gasteiger partial charge on any atom is 0.338 e. The van der Waals surface area contributed by atoms with E-state index in [-0.39, 0.29) is 19.1 Å². The number of carbonyl (C=O) groups is 3. The Morgan fingerprint density at radius 3 is 2.46 bits per heavy atom. The molecule has 138 valence electrons. The third-order valence-corrected chi connectivity index (χ3v) is 4.20. The minimum Gasteiger partial charge on any atom is -0.459 e. The third kappa shape index (κ3) is 6.68. The summed E-state index contributed by atoms with van der Waals surface area (Å²) in [6.45, 7) is 3.20. The highest BCUT2D eigenvalue weighted by molar-refractivity contribution is 7.09. The molecule has 1 amide bonds. The topological polar surface area (TPSA) is 81.7 Å². The minimum absolute atomic E-state index is 0.198. The van der Waals surface area contributed by atoms with E-state index in [2.05, 4.69) is 5.32 Å². The number of benzene rings is 1. The van der Waals surface area contributed by atoms with Crippen LogP contribution >= 0.6 is 11.3 Å². The zero-order chi connectivity index (χ0) is 18.9. The van der Waals surface area contributed by atoms with Gasteiger partial charge >= 0.3 is 11.9 Å². The van der Waals surface area contributed by atoms with Gasteiger partial charge in [0, 0.05) is 10.6 Å². The van der Waals surface area contributed by atoms with Crippen LogP contribution in [0.1, 0.15) is 35.5 Å². The first-order valence-electron chi connectivity index (χ1n) is 8.23. The number of ether oxygens (including phenoxy) is 2. The number of esters is 2. The van der Waals surface area contributed by atoms with Crippen LogP contribution in [0.2, 0.25) is 0 Å². The summed E-state index contributed by atoms with van der Waals surface area (Å²) in [5.74, 6) is -1.27. The van der Waals surface area contributed by atoms with Crippen LogP contribution < -0.4 is 5.32 Å². The molecule has 1 aromatic heterocycles. The van der Waals surface area contributed by atoms with Crippen molar-refractivity contribution in [2.24, 2.45) is 0 Å². The van der Waals surface area contributed by atoms with Gasteiger partial charge in [-0.2, -0.15) is 0 Å². The number of rotatable bonds is 8. The molecule has 2 rings (SSSR count). The van der Waals surface area contributed by atoms with E-state index in [0.717, 1.165) is 4.88 Å². The lowest BCUT2D eigenvalue weighted by molar-refractivity contribution is -0.147. The van der Waals surface area contributed by atoms with E-state index < -0.39 is 17.8 Å². The van der Waals surface area contributed by atoms with Gasteiger partial charge in [-0.15, -0.1) is 11.3 Å². The van der Waals surface area contributed by atoms with Crippen LogP contribution in [0, 0.1) is 0 Å². The largest absolute Gasteiger partial charge is 0.459 e. The van der Waals surface area contributed by atoms with Crippen molar-refractivity contribution in [3.63, 3.8) is 0 Å². The molecule has 0 fully saturated rings. The number of anilines is 1. The summed E-state index contributed by atoms with van der Waals surface area (Å²) in [5.41, 5.74) is 0.905. The molecule has 1 N–H and O–H groups in total. The first kappa shape index (κ1) is 19.7. The van der Waals surface area contributed by atoms with E-state index in [1.165, 1.54) is 0 Å². The van der Waals surface area contributed by atoms with E-state index in [9.17, 15) is 14.4 Å². The van der Waals surface area contributed by atoms with Crippen LogP contribution in [0.15, 0.2) is 41.8 Å². The molecule has 1 heterocycles. The van der Waals surface area contributed by atoms with Crippen molar-refractivity contribution in [3.05, 3.63) is 52.2 Å². The molecule has 0 aliphatic rings. The summed E-state index contributed by atoms with van der Waals surface area (Å²) in [4.78, 5) is 36.3. The zero-order valence-electron chi connectivity index (χ0n) is 14.7. The summed E-state index contributed by atoms with van der Waals surface area (Å²) in [6.07, 6.45) is 0.642. The van der Waals surface area contributed by atoms with Crippen molar-refractivity contribution in [3.8, 4) is 0 Å². The highest BCUT2D eigenvalue weighted by atomic mass is 32.1. The fourth-order valence-electron chi connectivity index (χ4n) is 2.07. The van der Waals surface area contributed by atoms with Gasteiger partial charge in [0.15, 0.2) is 6.61 Å². The fraction of sp³-hybridized carbons (Fsp3) is 0.316. The maximum absolute atomic E-state index is 11.8. The van der Waals surface area contributed by atoms with Gasteiger partial charge in [-0.05, 0) is 56.0 Å². The van der Waals surface area contributed by atoms with Gasteiger partial charge in [-0.3, -0.25) is 9.59 Å². The second kappa shape index (κ2) is 9.72. The molecular weight excluding hydrogens is 354 g/mol. The van der Waals surface area contributed by atoms with Crippen LogP contribution in [0.5, 0.6) is 0 Å². The first-order valence-corrected chi connectivity index (χ1v) is 9.11. The van der Waals surface area contributed by atoms with Gasteiger partial charge in [0.25, 0.3) is 5.91 Å². The van der Waals surface area contributed by atoms with Crippen LogP contribution in [0.3, 0.4) is 0 Å². The number of aryl methyl sites for hydroxylation is 1. The number of thiophene rings is 1. The molecule has 0 spiro atoms. The molecule has 0 saturated heterocycles. The maximum atomic E-state index is 11.8. The van der Waals surface area contributed by atoms with Crippen molar-refractivity contribution >= 4 is 34.9 Å². The van der Waals surface area contributed by atoms with Gasteiger partial charge in [-0.1, -0.05) is 6.07 Å². The zero-order valence-corrected chi connectivity index (χ0v) is 15.5. The van der Waals surface area contributed by atoms with E-state index in [1.54, 1.807) is 49.4 Å². The van der Waals surface area contributed by atoms with E-state index in [0.29, 0.717) is 17.7 Å². The van der Waals surface area contributed by atoms with Crippen molar-refractivity contribution in [2.45, 2.75) is 32.8 Å². The van der Waals surface area contributed by atoms with Gasteiger partial charge in [0.1, 0.15) is 0 Å². The van der Waals surface area contributed by atoms with Crippen LogP contribution in [-0.4, -0.2) is 30.6 Å². The monoisotopic (exact) mass is 375 g/mol. The van der Waals surface area contributed by atoms with Crippen LogP contribution in [-0.2, 0) is 25.5 Å². The smallest absolute Gasteiger partial charge is 0.338 e. The highest BCUT2D eigenvalue weighted by Gasteiger charge is 2.11. The molecule has 26 heavy (non-hydrogen) atoms. The predicted molar refractivity (Wildman–Crippen MR) is 99.2 cm³/mol. The predicted octanol–water partition coefficient (Wildman–Crippen LogP) is 3.43. The Kier molecular flexibility index (Phi) is 7.35. The van der Waals surface area contributed by atoms with Gasteiger partial charge in [0.05, 0.1) is 18.1 Å². The molecule has 1 aromatic carbocycles. The number of carbonyl (C=O) groups excluding carboxylic acids is 3. The van der Waals surface area contributed by atoms with Crippen molar-refractivity contribution < 1.29 is 23.9 Å². The molecule has 0 unspecified atom stereocenters. The van der Waals surface area contributed by atoms with Crippen molar-refractivity contribution in [1.82, 2.24) is 0 Å². The highest BCUT2D eigenvalue weighted by Crippen LogP contribution is 2.12. The average Bonchev–Trinajstić information content (AvgIpc) is 3.11. The molecular formula is C19H21NO5S. The third-order valence-electron chi connectivity index (χ3n) is 3.27. The summed E-state index contributed by atoms with van der Waals surface area (Å²) >= 11 is 1.58. The molecule has 2 aromatic rings. The lowest BCUT2D eigenvalue weighted by Gasteiger charge is -2.09. The van der Waals surface area contributed by atoms with Crippen molar-refractivity contribution in [2.75, 3.05) is 11.9 Å². The first-order chi connectivity index (χ1) is 12.4. The van der Waals surface area contributed by atoms with Crippen molar-refractivity contribution in [1.29, 1.82) is 0 Å². The fourth-order valence-corrected chi connectivity index (χ4v) is 2.78. The molecule has 0 atom stereocenters. The molecule has 0 aliphatic heterocycles. The molecule has 0 saturated carbocycles. The number of nitrogens with one attached hydrogen (secondary N) is 1. The quantitative estimate of drug-likeness (QED) is 0.715.